The highest BCUT2D eigenvalue weighted by molar-refractivity contribution is 5.86. The average Bonchev–Trinajstić information content (AvgIpc) is 2.62. The molecule has 0 atom stereocenters. The maximum Gasteiger partial charge on any atom is 0.352 e. The third-order valence-electron chi connectivity index (χ3n) is 3.28. The van der Waals surface area contributed by atoms with E-state index >= 15 is 0 Å². The topological polar surface area (TPSA) is 45.5 Å². The summed E-state index contributed by atoms with van der Waals surface area (Å²) in [7, 11) is 1.82. The summed E-state index contributed by atoms with van der Waals surface area (Å²) in [5, 5.41) is 8.95. The lowest BCUT2D eigenvalue weighted by molar-refractivity contribution is 0.0686. The number of carboxylic acids is 1. The van der Waals surface area contributed by atoms with Gasteiger partial charge < -0.3 is 9.67 Å². The third kappa shape index (κ3) is 2.27. The monoisotopic (exact) mass is 222 g/mol. The van der Waals surface area contributed by atoms with E-state index in [4.69, 9.17) is 5.11 Å². The van der Waals surface area contributed by atoms with Crippen LogP contribution in [0.25, 0.3) is 0 Å². The minimum Gasteiger partial charge on any atom is -0.477 e. The Morgan fingerprint density at radius 3 is 2.56 bits per heavy atom. The number of carbonyl (C=O) groups is 1. The molecule has 1 aromatic rings. The first-order valence-corrected chi connectivity index (χ1v) is 5.79. The largest absolute Gasteiger partial charge is 0.477 e. The van der Waals surface area contributed by atoms with E-state index in [-0.39, 0.29) is 0 Å². The number of aromatic nitrogens is 1. The van der Waals surface area contributed by atoms with Gasteiger partial charge in [0.2, 0.25) is 0 Å². The van der Waals surface area contributed by atoms with E-state index in [0.29, 0.717) is 5.69 Å². The van der Waals surface area contributed by atoms with Crippen molar-refractivity contribution in [1.29, 1.82) is 0 Å². The minimum absolute atomic E-state index is 0.368. The molecule has 1 N–H and O–H groups in total. The lowest BCUT2D eigenvalue weighted by Gasteiger charge is -2.26. The SMILES string of the molecule is Cn1c(CN2CCCCC2)ccc1C(=O)O. The number of hydrogen-bond acceptors (Lipinski definition) is 2. The van der Waals surface area contributed by atoms with Crippen LogP contribution in [0.3, 0.4) is 0 Å². The summed E-state index contributed by atoms with van der Waals surface area (Å²) in [6.45, 7) is 3.13. The second-order valence-corrected chi connectivity index (χ2v) is 4.41. The molecule has 1 aromatic heterocycles. The number of aromatic carboxylic acids is 1. The minimum atomic E-state index is -0.854. The Labute approximate surface area is 95.5 Å². The van der Waals surface area contributed by atoms with E-state index in [2.05, 4.69) is 4.90 Å². The van der Waals surface area contributed by atoms with Crippen molar-refractivity contribution in [3.8, 4) is 0 Å². The smallest absolute Gasteiger partial charge is 0.352 e. The predicted octanol–water partition coefficient (Wildman–Crippen LogP) is 1.71. The van der Waals surface area contributed by atoms with Crippen LogP contribution in [0.5, 0.6) is 0 Å². The summed E-state index contributed by atoms with van der Waals surface area (Å²) < 4.78 is 1.77. The van der Waals surface area contributed by atoms with Gasteiger partial charge in [-0.05, 0) is 38.1 Å². The van der Waals surface area contributed by atoms with Crippen molar-refractivity contribution in [3.05, 3.63) is 23.5 Å². The third-order valence-corrected chi connectivity index (χ3v) is 3.28. The Bertz CT molecular complexity index is 378. The molecule has 0 radical (unpaired) electrons. The molecule has 1 fully saturated rings. The molecule has 1 aliphatic heterocycles. The van der Waals surface area contributed by atoms with Crippen LogP contribution in [-0.4, -0.2) is 33.6 Å². The lowest BCUT2D eigenvalue weighted by Crippen LogP contribution is -2.30. The van der Waals surface area contributed by atoms with Crippen LogP contribution >= 0.6 is 0 Å². The fourth-order valence-electron chi connectivity index (χ4n) is 2.27. The molecule has 0 amide bonds. The average molecular weight is 222 g/mol. The van der Waals surface area contributed by atoms with Crippen molar-refractivity contribution in [1.82, 2.24) is 9.47 Å². The van der Waals surface area contributed by atoms with E-state index < -0.39 is 5.97 Å². The molecule has 0 saturated carbocycles. The highest BCUT2D eigenvalue weighted by Crippen LogP contribution is 2.14. The number of carboxylic acid groups (broad SMARTS) is 1. The summed E-state index contributed by atoms with van der Waals surface area (Å²) in [4.78, 5) is 13.3. The molecule has 2 heterocycles. The van der Waals surface area contributed by atoms with E-state index in [1.807, 2.05) is 13.1 Å². The standard InChI is InChI=1S/C12H18N2O2/c1-13-10(5-6-11(13)12(15)16)9-14-7-3-2-4-8-14/h5-6H,2-4,7-9H2,1H3,(H,15,16). The van der Waals surface area contributed by atoms with E-state index in [0.717, 1.165) is 25.3 Å². The van der Waals surface area contributed by atoms with Gasteiger partial charge in [0.05, 0.1) is 0 Å². The molecule has 0 bridgehead atoms. The number of piperidine rings is 1. The molecular formula is C12H18N2O2. The second kappa shape index (κ2) is 4.70. The van der Waals surface area contributed by atoms with Crippen molar-refractivity contribution in [3.63, 3.8) is 0 Å². The first-order valence-electron chi connectivity index (χ1n) is 5.79. The van der Waals surface area contributed by atoms with Crippen LogP contribution in [-0.2, 0) is 13.6 Å². The van der Waals surface area contributed by atoms with Crippen LogP contribution < -0.4 is 0 Å². The van der Waals surface area contributed by atoms with Crippen molar-refractivity contribution >= 4 is 5.97 Å². The van der Waals surface area contributed by atoms with Crippen LogP contribution in [0.15, 0.2) is 12.1 Å². The zero-order valence-corrected chi connectivity index (χ0v) is 9.65. The number of hydrogen-bond donors (Lipinski definition) is 1. The van der Waals surface area contributed by atoms with Crippen molar-refractivity contribution < 1.29 is 9.90 Å². The molecule has 4 nitrogen and oxygen atoms in total. The summed E-state index contributed by atoms with van der Waals surface area (Å²) in [6.07, 6.45) is 3.84. The Hall–Kier alpha value is -1.29. The van der Waals surface area contributed by atoms with Crippen molar-refractivity contribution in [2.24, 2.45) is 7.05 Å². The first kappa shape index (κ1) is 11.2. The van der Waals surface area contributed by atoms with Gasteiger partial charge in [0.15, 0.2) is 0 Å². The van der Waals surface area contributed by atoms with Crippen LogP contribution in [0, 0.1) is 0 Å². The molecule has 0 aromatic carbocycles. The van der Waals surface area contributed by atoms with Gasteiger partial charge in [0, 0.05) is 19.3 Å². The molecule has 88 valence electrons. The number of nitrogens with zero attached hydrogens (tertiary/aromatic N) is 2. The quantitative estimate of drug-likeness (QED) is 0.846. The first-order chi connectivity index (χ1) is 7.68. The van der Waals surface area contributed by atoms with Gasteiger partial charge in [0.25, 0.3) is 0 Å². The van der Waals surface area contributed by atoms with Crippen molar-refractivity contribution in [2.75, 3.05) is 13.1 Å². The molecule has 2 rings (SSSR count). The van der Waals surface area contributed by atoms with E-state index in [9.17, 15) is 4.79 Å². The predicted molar refractivity (Wildman–Crippen MR) is 61.5 cm³/mol. The highest BCUT2D eigenvalue weighted by atomic mass is 16.4. The molecule has 0 spiro atoms. The summed E-state index contributed by atoms with van der Waals surface area (Å²) in [5.41, 5.74) is 1.45. The summed E-state index contributed by atoms with van der Waals surface area (Å²) >= 11 is 0. The maximum absolute atomic E-state index is 10.9. The fraction of sp³-hybridized carbons (Fsp3) is 0.583. The molecule has 16 heavy (non-hydrogen) atoms. The van der Waals surface area contributed by atoms with Crippen molar-refractivity contribution in [2.45, 2.75) is 25.8 Å². The highest BCUT2D eigenvalue weighted by Gasteiger charge is 2.15. The lowest BCUT2D eigenvalue weighted by atomic mass is 10.1. The van der Waals surface area contributed by atoms with Crippen LogP contribution in [0.2, 0.25) is 0 Å². The number of likely N-dealkylation sites (tertiary alicyclic amines) is 1. The summed E-state index contributed by atoms with van der Waals surface area (Å²) in [5.74, 6) is -0.854. The number of rotatable bonds is 3. The summed E-state index contributed by atoms with van der Waals surface area (Å²) in [6, 6.07) is 3.60. The Morgan fingerprint density at radius 1 is 1.31 bits per heavy atom. The van der Waals surface area contributed by atoms with Crippen LogP contribution in [0.1, 0.15) is 35.4 Å². The normalized spacial score (nSPS) is 17.6. The Morgan fingerprint density at radius 2 is 2.00 bits per heavy atom. The fourth-order valence-corrected chi connectivity index (χ4v) is 2.27. The molecule has 1 saturated heterocycles. The molecule has 4 heteroatoms. The van der Waals surface area contributed by atoms with Gasteiger partial charge in [-0.3, -0.25) is 4.90 Å². The molecule has 0 unspecified atom stereocenters. The van der Waals surface area contributed by atoms with Crippen LogP contribution in [0.4, 0.5) is 0 Å². The van der Waals surface area contributed by atoms with E-state index in [1.54, 1.807) is 10.6 Å². The zero-order valence-electron chi connectivity index (χ0n) is 9.65. The van der Waals surface area contributed by atoms with Gasteiger partial charge in [-0.1, -0.05) is 6.42 Å². The van der Waals surface area contributed by atoms with Gasteiger partial charge in [-0.15, -0.1) is 0 Å². The zero-order chi connectivity index (χ0) is 11.5. The Kier molecular flexibility index (Phi) is 3.29. The molecular weight excluding hydrogens is 204 g/mol. The van der Waals surface area contributed by atoms with E-state index in [1.165, 1.54) is 19.3 Å². The maximum atomic E-state index is 10.9. The van der Waals surface area contributed by atoms with Gasteiger partial charge >= 0.3 is 5.97 Å². The molecule has 1 aliphatic rings. The molecule has 0 aliphatic carbocycles. The van der Waals surface area contributed by atoms with Gasteiger partial charge in [0.1, 0.15) is 5.69 Å². The second-order valence-electron chi connectivity index (χ2n) is 4.41. The van der Waals surface area contributed by atoms with Gasteiger partial charge in [-0.2, -0.15) is 0 Å². The Balaban J connectivity index is 2.06. The van der Waals surface area contributed by atoms with Gasteiger partial charge in [-0.25, -0.2) is 4.79 Å².